The molecule has 11 nitrogen and oxygen atoms in total. The molecule has 0 unspecified atom stereocenters. The Morgan fingerprint density at radius 1 is 1.05 bits per heavy atom. The second kappa shape index (κ2) is 14.1. The molecule has 0 aliphatic carbocycles. The summed E-state index contributed by atoms with van der Waals surface area (Å²) in [7, 11) is 1.56. The van der Waals surface area contributed by atoms with Crippen LogP contribution in [0, 0.1) is 11.3 Å². The second-order valence-corrected chi connectivity index (χ2v) is 10.5. The lowest BCUT2D eigenvalue weighted by Crippen LogP contribution is -2.56. The van der Waals surface area contributed by atoms with Crippen molar-refractivity contribution in [2.75, 3.05) is 69.8 Å². The van der Waals surface area contributed by atoms with Crippen molar-refractivity contribution in [3.63, 3.8) is 0 Å². The van der Waals surface area contributed by atoms with Crippen LogP contribution in [0.3, 0.4) is 0 Å². The molecule has 0 spiro atoms. The van der Waals surface area contributed by atoms with Crippen LogP contribution in [0.5, 0.6) is 5.75 Å². The standard InChI is InChI=1S/C24H25N7O2.C7H13NO/c1-32-22-11-17(13-25)10-18(12-22)23-26-16-27-24(29-23)28-19-2-4-20(5-3-19)30-6-8-31(9-7-30)21-14-33-15-21;1-2-7(9)8-5-3-4-6-8/h2-5,10-12,16,21H,6-9,14-15H2,1H3,(H,26,27,28,29);2-6H2,1H3. The number of benzene rings is 2. The molecule has 220 valence electrons. The zero-order valence-corrected chi connectivity index (χ0v) is 24.3. The fourth-order valence-corrected chi connectivity index (χ4v) is 5.26. The number of aromatic nitrogens is 3. The van der Waals surface area contributed by atoms with Crippen LogP contribution in [0.1, 0.15) is 31.7 Å². The molecule has 0 bridgehead atoms. The fraction of sp³-hybridized carbons (Fsp3) is 0.452. The van der Waals surface area contributed by atoms with E-state index in [-0.39, 0.29) is 0 Å². The van der Waals surface area contributed by atoms with Crippen LogP contribution in [-0.4, -0.2) is 96.3 Å². The van der Waals surface area contributed by atoms with Crippen molar-refractivity contribution in [2.45, 2.75) is 32.2 Å². The van der Waals surface area contributed by atoms with Crippen molar-refractivity contribution < 1.29 is 14.3 Å². The molecule has 3 aliphatic rings. The monoisotopic (exact) mass is 570 g/mol. The number of amides is 1. The van der Waals surface area contributed by atoms with Crippen LogP contribution >= 0.6 is 0 Å². The van der Waals surface area contributed by atoms with E-state index in [1.54, 1.807) is 25.3 Å². The summed E-state index contributed by atoms with van der Waals surface area (Å²) in [5.74, 6) is 1.79. The highest BCUT2D eigenvalue weighted by molar-refractivity contribution is 5.76. The maximum absolute atomic E-state index is 10.9. The molecule has 11 heteroatoms. The molecule has 0 radical (unpaired) electrons. The lowest BCUT2D eigenvalue weighted by molar-refractivity contribution is -0.129. The van der Waals surface area contributed by atoms with E-state index in [4.69, 9.17) is 9.47 Å². The predicted octanol–water partition coefficient (Wildman–Crippen LogP) is 3.70. The van der Waals surface area contributed by atoms with Gasteiger partial charge in [-0.05, 0) is 55.3 Å². The van der Waals surface area contributed by atoms with Gasteiger partial charge in [0, 0.05) is 62.6 Å². The normalized spacial score (nSPS) is 17.1. The fourth-order valence-electron chi connectivity index (χ4n) is 5.26. The minimum absolute atomic E-state index is 0.313. The number of nitrogens with zero attached hydrogens (tertiary/aromatic N) is 7. The van der Waals surface area contributed by atoms with E-state index in [1.807, 2.05) is 24.0 Å². The quantitative estimate of drug-likeness (QED) is 0.450. The summed E-state index contributed by atoms with van der Waals surface area (Å²) < 4.78 is 10.6. The highest BCUT2D eigenvalue weighted by Gasteiger charge is 2.28. The Hall–Kier alpha value is -4.27. The Morgan fingerprint density at radius 3 is 2.40 bits per heavy atom. The first-order valence-corrected chi connectivity index (χ1v) is 14.6. The van der Waals surface area contributed by atoms with E-state index < -0.39 is 0 Å². The third-order valence-corrected chi connectivity index (χ3v) is 7.80. The first-order valence-electron chi connectivity index (χ1n) is 14.6. The smallest absolute Gasteiger partial charge is 0.230 e. The molecule has 3 fully saturated rings. The number of hydrogen-bond acceptors (Lipinski definition) is 10. The molecule has 1 N–H and O–H groups in total. The molecule has 0 saturated carbocycles. The van der Waals surface area contributed by atoms with Gasteiger partial charge in [-0.2, -0.15) is 10.2 Å². The van der Waals surface area contributed by atoms with Crippen LogP contribution in [0.4, 0.5) is 17.3 Å². The summed E-state index contributed by atoms with van der Waals surface area (Å²) in [6, 6.07) is 16.2. The Balaban J connectivity index is 0.000000336. The Morgan fingerprint density at radius 2 is 1.79 bits per heavy atom. The van der Waals surface area contributed by atoms with Crippen molar-refractivity contribution in [1.82, 2.24) is 24.8 Å². The SMILES string of the molecule is CCC(=O)N1CCCC1.COc1cc(C#N)cc(-c2ncnc(Nc3ccc(N4CCN(C5COC5)CC4)cc3)n2)c1. The summed E-state index contributed by atoms with van der Waals surface area (Å²) in [4.78, 5) is 30.8. The van der Waals surface area contributed by atoms with Crippen molar-refractivity contribution in [2.24, 2.45) is 0 Å². The summed E-state index contributed by atoms with van der Waals surface area (Å²) in [5, 5.41) is 12.5. The summed E-state index contributed by atoms with van der Waals surface area (Å²) in [6.45, 7) is 9.82. The molecule has 4 heterocycles. The molecule has 1 aromatic heterocycles. The van der Waals surface area contributed by atoms with Gasteiger partial charge in [-0.1, -0.05) is 6.92 Å². The van der Waals surface area contributed by atoms with Gasteiger partial charge in [-0.3, -0.25) is 9.69 Å². The molecule has 3 aromatic rings. The zero-order valence-electron chi connectivity index (χ0n) is 24.3. The molecule has 0 atom stereocenters. The van der Waals surface area contributed by atoms with Crippen molar-refractivity contribution in [3.05, 3.63) is 54.4 Å². The van der Waals surface area contributed by atoms with Crippen molar-refractivity contribution in [1.29, 1.82) is 5.26 Å². The number of anilines is 3. The highest BCUT2D eigenvalue weighted by Crippen LogP contribution is 2.25. The van der Waals surface area contributed by atoms with Crippen LogP contribution in [0.15, 0.2) is 48.8 Å². The lowest BCUT2D eigenvalue weighted by atomic mass is 10.1. The van der Waals surface area contributed by atoms with Gasteiger partial charge in [0.1, 0.15) is 12.1 Å². The van der Waals surface area contributed by atoms with Gasteiger partial charge in [-0.15, -0.1) is 0 Å². The number of hydrogen-bond donors (Lipinski definition) is 1. The lowest BCUT2D eigenvalue weighted by Gasteiger charge is -2.43. The number of carbonyl (C=O) groups excluding carboxylic acids is 1. The van der Waals surface area contributed by atoms with Gasteiger partial charge < -0.3 is 24.6 Å². The minimum Gasteiger partial charge on any atom is -0.497 e. The van der Waals surface area contributed by atoms with E-state index in [0.29, 0.717) is 47.0 Å². The average Bonchev–Trinajstić information content (AvgIpc) is 3.56. The van der Waals surface area contributed by atoms with E-state index >= 15 is 0 Å². The van der Waals surface area contributed by atoms with Crippen LogP contribution in [-0.2, 0) is 9.53 Å². The first-order chi connectivity index (χ1) is 20.6. The van der Waals surface area contributed by atoms with Gasteiger partial charge in [0.15, 0.2) is 5.82 Å². The molecular weight excluding hydrogens is 532 g/mol. The number of ether oxygens (including phenoxy) is 2. The number of nitrogens with one attached hydrogen (secondary N) is 1. The topological polar surface area (TPSA) is 120 Å². The molecular formula is C31H38N8O3. The summed E-state index contributed by atoms with van der Waals surface area (Å²) in [6.07, 6.45) is 4.52. The predicted molar refractivity (Wildman–Crippen MR) is 161 cm³/mol. The average molecular weight is 571 g/mol. The minimum atomic E-state index is 0.313. The molecule has 2 aromatic carbocycles. The summed E-state index contributed by atoms with van der Waals surface area (Å²) in [5.41, 5.74) is 3.28. The van der Waals surface area contributed by atoms with Crippen molar-refractivity contribution in [3.8, 4) is 23.2 Å². The number of carbonyl (C=O) groups is 1. The maximum Gasteiger partial charge on any atom is 0.230 e. The van der Waals surface area contributed by atoms with E-state index in [1.165, 1.54) is 24.9 Å². The molecule has 1 amide bonds. The van der Waals surface area contributed by atoms with Gasteiger partial charge in [0.2, 0.25) is 11.9 Å². The number of methoxy groups -OCH3 is 1. The van der Waals surface area contributed by atoms with Crippen LogP contribution in [0.25, 0.3) is 11.4 Å². The zero-order chi connectivity index (χ0) is 29.3. The number of likely N-dealkylation sites (tertiary alicyclic amines) is 1. The molecule has 6 rings (SSSR count). The highest BCUT2D eigenvalue weighted by atomic mass is 16.5. The maximum atomic E-state index is 10.9. The van der Waals surface area contributed by atoms with Crippen LogP contribution in [0.2, 0.25) is 0 Å². The number of piperazine rings is 1. The Bertz CT molecular complexity index is 1380. The van der Waals surface area contributed by atoms with Crippen LogP contribution < -0.4 is 15.0 Å². The van der Waals surface area contributed by atoms with Gasteiger partial charge in [-0.25, -0.2) is 9.97 Å². The first kappa shape index (κ1) is 29.2. The molecule has 3 saturated heterocycles. The number of nitriles is 1. The largest absolute Gasteiger partial charge is 0.497 e. The van der Waals surface area contributed by atoms with E-state index in [0.717, 1.165) is 58.2 Å². The molecule has 3 aliphatic heterocycles. The van der Waals surface area contributed by atoms with Gasteiger partial charge in [0.25, 0.3) is 0 Å². The van der Waals surface area contributed by atoms with Crippen molar-refractivity contribution >= 4 is 23.2 Å². The number of rotatable bonds is 7. The van der Waals surface area contributed by atoms with Gasteiger partial charge in [0.05, 0.1) is 38.0 Å². The third-order valence-electron chi connectivity index (χ3n) is 7.80. The van der Waals surface area contributed by atoms with E-state index in [9.17, 15) is 10.1 Å². The third kappa shape index (κ3) is 7.32. The Kier molecular flexibility index (Phi) is 9.79. The van der Waals surface area contributed by atoms with Gasteiger partial charge >= 0.3 is 0 Å². The van der Waals surface area contributed by atoms with E-state index in [2.05, 4.69) is 48.3 Å². The molecule has 42 heavy (non-hydrogen) atoms. The Labute approximate surface area is 247 Å². The second-order valence-electron chi connectivity index (χ2n) is 10.5. The summed E-state index contributed by atoms with van der Waals surface area (Å²) >= 11 is 0.